The van der Waals surface area contributed by atoms with Crippen LogP contribution in [0.25, 0.3) is 0 Å². The topological polar surface area (TPSA) is 47.6 Å². The first-order valence-corrected chi connectivity index (χ1v) is 6.14. The summed E-state index contributed by atoms with van der Waals surface area (Å²) in [4.78, 5) is 9.82. The lowest BCUT2D eigenvalue weighted by atomic mass is 10.4. The van der Waals surface area contributed by atoms with Gasteiger partial charge in [0, 0.05) is 6.42 Å². The number of aliphatic carboxylic acids is 1. The molecule has 0 spiro atoms. The SMILES string of the molecule is CCC[N+]1=C(F)[NH+](CCC)CC1.O=C([O-])C(F)(F)F. The van der Waals surface area contributed by atoms with Gasteiger partial charge in [-0.15, -0.1) is 4.58 Å². The van der Waals surface area contributed by atoms with Gasteiger partial charge in [-0.05, 0) is 6.42 Å². The van der Waals surface area contributed by atoms with Crippen LogP contribution >= 0.6 is 0 Å². The van der Waals surface area contributed by atoms with Gasteiger partial charge < -0.3 is 9.90 Å². The van der Waals surface area contributed by atoms with Gasteiger partial charge in [-0.3, -0.25) is 0 Å². The van der Waals surface area contributed by atoms with Crippen molar-refractivity contribution in [3.63, 3.8) is 0 Å². The number of halogens is 4. The zero-order chi connectivity index (χ0) is 15.1. The van der Waals surface area contributed by atoms with Crippen molar-refractivity contribution < 1.29 is 36.9 Å². The maximum Gasteiger partial charge on any atom is 0.535 e. The highest BCUT2D eigenvalue weighted by atomic mass is 19.4. The molecule has 1 rings (SSSR count). The Bertz CT molecular complexity index is 329. The van der Waals surface area contributed by atoms with Gasteiger partial charge in [0.2, 0.25) is 0 Å². The first-order chi connectivity index (χ1) is 8.73. The molecular formula is C11H19F4N2O2+. The molecule has 0 amide bonds. The summed E-state index contributed by atoms with van der Waals surface area (Å²) >= 11 is 0. The van der Waals surface area contributed by atoms with Crippen molar-refractivity contribution in [2.45, 2.75) is 32.9 Å². The second-order valence-corrected chi connectivity index (χ2v) is 4.17. The molecule has 1 aliphatic heterocycles. The Morgan fingerprint density at radius 3 is 2.26 bits per heavy atom. The summed E-state index contributed by atoms with van der Waals surface area (Å²) in [5.41, 5.74) is 0. The maximum atomic E-state index is 13.4. The number of alkyl halides is 3. The summed E-state index contributed by atoms with van der Waals surface area (Å²) in [7, 11) is 0. The number of quaternary nitrogens is 1. The number of carboxylic acids is 1. The highest BCUT2D eigenvalue weighted by Gasteiger charge is 2.34. The molecule has 4 nitrogen and oxygen atoms in total. The van der Waals surface area contributed by atoms with E-state index in [1.807, 2.05) is 4.58 Å². The molecule has 0 aromatic heterocycles. The molecule has 0 saturated carbocycles. The van der Waals surface area contributed by atoms with E-state index in [-0.39, 0.29) is 6.09 Å². The van der Waals surface area contributed by atoms with Crippen LogP contribution in [-0.2, 0) is 4.79 Å². The summed E-state index contributed by atoms with van der Waals surface area (Å²) in [6.45, 7) is 7.84. The first-order valence-electron chi connectivity index (χ1n) is 6.14. The van der Waals surface area contributed by atoms with Gasteiger partial charge in [-0.2, -0.15) is 13.2 Å². The maximum absolute atomic E-state index is 13.4. The quantitative estimate of drug-likeness (QED) is 0.424. The Hall–Kier alpha value is -1.18. The minimum absolute atomic E-state index is 0.0682. The normalized spacial score (nSPS) is 19.2. The Morgan fingerprint density at radius 1 is 1.37 bits per heavy atom. The Labute approximate surface area is 109 Å². The molecule has 1 heterocycles. The summed E-state index contributed by atoms with van der Waals surface area (Å²) in [6.07, 6.45) is -3.03. The number of hydrogen-bond acceptors (Lipinski definition) is 2. The summed E-state index contributed by atoms with van der Waals surface area (Å²) in [5.74, 6) is -3.01. The molecule has 0 aromatic rings. The van der Waals surface area contributed by atoms with Crippen LogP contribution in [0.2, 0.25) is 0 Å². The lowest BCUT2D eigenvalue weighted by Gasteiger charge is -2.03. The Morgan fingerprint density at radius 2 is 1.89 bits per heavy atom. The number of carboxylic acid groups (broad SMARTS) is 1. The minimum atomic E-state index is -5.19. The van der Waals surface area contributed by atoms with Gasteiger partial charge in [0.05, 0.1) is 6.54 Å². The first kappa shape index (κ1) is 17.8. The fraction of sp³-hybridized carbons (Fsp3) is 0.818. The predicted molar refractivity (Wildman–Crippen MR) is 58.5 cm³/mol. The van der Waals surface area contributed by atoms with Crippen molar-refractivity contribution in [3.8, 4) is 0 Å². The largest absolute Gasteiger partial charge is 0.542 e. The Kier molecular flexibility index (Phi) is 7.58. The second-order valence-electron chi connectivity index (χ2n) is 4.17. The molecule has 19 heavy (non-hydrogen) atoms. The van der Waals surface area contributed by atoms with Gasteiger partial charge in [-0.25, -0.2) is 4.90 Å². The number of nitrogens with zero attached hydrogens (tertiary/aromatic N) is 1. The van der Waals surface area contributed by atoms with E-state index < -0.39 is 12.1 Å². The fourth-order valence-corrected chi connectivity index (χ4v) is 1.70. The van der Waals surface area contributed by atoms with Crippen molar-refractivity contribution in [3.05, 3.63) is 0 Å². The number of carbonyl (C=O) groups is 1. The van der Waals surface area contributed by atoms with E-state index in [1.165, 1.54) is 0 Å². The van der Waals surface area contributed by atoms with E-state index in [0.29, 0.717) is 0 Å². The van der Waals surface area contributed by atoms with Crippen molar-refractivity contribution >= 4 is 12.1 Å². The molecule has 0 radical (unpaired) electrons. The molecule has 0 saturated heterocycles. The van der Waals surface area contributed by atoms with E-state index in [9.17, 15) is 17.6 Å². The van der Waals surface area contributed by atoms with Gasteiger partial charge >= 0.3 is 12.3 Å². The van der Waals surface area contributed by atoms with E-state index in [2.05, 4.69) is 13.8 Å². The molecule has 1 aliphatic rings. The van der Waals surface area contributed by atoms with Crippen LogP contribution in [0.4, 0.5) is 17.6 Å². The number of amidine groups is 1. The number of rotatable bonds is 4. The van der Waals surface area contributed by atoms with Gasteiger partial charge in [0.1, 0.15) is 12.5 Å². The van der Waals surface area contributed by atoms with Crippen LogP contribution in [-0.4, -0.2) is 49.0 Å². The standard InChI is InChI=1S/C9H18FN2.C2HF3O2/c1-3-5-11-7-8-12(6-4-2)9(11)10;3-2(4,5)1(6)7/h3-8H2,1-2H3;(H,6,7)/q+1;. The third kappa shape index (κ3) is 6.51. The van der Waals surface area contributed by atoms with Crippen LogP contribution in [0, 0.1) is 0 Å². The Balaban J connectivity index is 0.000000399. The molecule has 1 atom stereocenters. The average molecular weight is 287 g/mol. The van der Waals surface area contributed by atoms with Crippen LogP contribution < -0.4 is 10.0 Å². The third-order valence-corrected chi connectivity index (χ3v) is 2.53. The van der Waals surface area contributed by atoms with Crippen LogP contribution in [0.3, 0.4) is 0 Å². The van der Waals surface area contributed by atoms with Gasteiger partial charge in [0.15, 0.2) is 13.1 Å². The fourth-order valence-electron chi connectivity index (χ4n) is 1.70. The van der Waals surface area contributed by atoms with Crippen molar-refractivity contribution in [1.82, 2.24) is 0 Å². The highest BCUT2D eigenvalue weighted by Crippen LogP contribution is 2.11. The number of hydrogen-bond donors (Lipinski definition) is 1. The van der Waals surface area contributed by atoms with E-state index >= 15 is 0 Å². The highest BCUT2D eigenvalue weighted by molar-refractivity contribution is 5.70. The van der Waals surface area contributed by atoms with Gasteiger partial charge in [0.25, 0.3) is 0 Å². The van der Waals surface area contributed by atoms with E-state index in [1.54, 1.807) is 0 Å². The summed E-state index contributed by atoms with van der Waals surface area (Å²) < 4.78 is 46.8. The molecule has 0 aromatic carbocycles. The van der Waals surface area contributed by atoms with Crippen molar-refractivity contribution in [1.29, 1.82) is 0 Å². The molecule has 1 N–H and O–H groups in total. The second kappa shape index (κ2) is 8.08. The third-order valence-electron chi connectivity index (χ3n) is 2.53. The van der Waals surface area contributed by atoms with E-state index in [0.717, 1.165) is 43.9 Å². The van der Waals surface area contributed by atoms with Gasteiger partial charge in [-0.1, -0.05) is 18.2 Å². The lowest BCUT2D eigenvalue weighted by molar-refractivity contribution is -0.809. The molecule has 112 valence electrons. The predicted octanol–water partition coefficient (Wildman–Crippen LogP) is -0.658. The molecule has 8 heteroatoms. The van der Waals surface area contributed by atoms with Crippen LogP contribution in [0.15, 0.2) is 0 Å². The number of carbonyl (C=O) groups excluding carboxylic acids is 1. The smallest absolute Gasteiger partial charge is 0.535 e. The van der Waals surface area contributed by atoms with Crippen LogP contribution in [0.1, 0.15) is 26.7 Å². The summed E-state index contributed by atoms with van der Waals surface area (Å²) in [6, 6.07) is 0. The zero-order valence-corrected chi connectivity index (χ0v) is 11.0. The number of nitrogens with one attached hydrogen (secondary N) is 1. The van der Waals surface area contributed by atoms with Crippen molar-refractivity contribution in [2.24, 2.45) is 0 Å². The molecular weight excluding hydrogens is 268 g/mol. The molecule has 1 unspecified atom stereocenters. The summed E-state index contributed by atoms with van der Waals surface area (Å²) in [5, 5.41) is 8.78. The average Bonchev–Trinajstić information content (AvgIpc) is 2.62. The molecule has 0 aliphatic carbocycles. The monoisotopic (exact) mass is 287 g/mol. The van der Waals surface area contributed by atoms with Crippen molar-refractivity contribution in [2.75, 3.05) is 26.2 Å². The van der Waals surface area contributed by atoms with E-state index in [4.69, 9.17) is 9.90 Å². The lowest BCUT2D eigenvalue weighted by Crippen LogP contribution is -3.12. The minimum Gasteiger partial charge on any atom is -0.542 e. The van der Waals surface area contributed by atoms with Crippen LogP contribution in [0.5, 0.6) is 0 Å². The molecule has 0 fully saturated rings. The zero-order valence-electron chi connectivity index (χ0n) is 11.0. The molecule has 0 bridgehead atoms.